The van der Waals surface area contributed by atoms with E-state index in [-0.39, 0.29) is 11.8 Å². The smallest absolute Gasteiger partial charge is 0.230 e. The van der Waals surface area contributed by atoms with Gasteiger partial charge in [-0.1, -0.05) is 18.2 Å². The summed E-state index contributed by atoms with van der Waals surface area (Å²) in [6.07, 6.45) is 4.15. The Bertz CT molecular complexity index is 727. The van der Waals surface area contributed by atoms with Crippen LogP contribution in [0.15, 0.2) is 36.5 Å². The maximum Gasteiger partial charge on any atom is 0.230 e. The number of nitrogens with zero attached hydrogens (tertiary/aromatic N) is 2. The first-order chi connectivity index (χ1) is 11.1. The van der Waals surface area contributed by atoms with Gasteiger partial charge >= 0.3 is 0 Å². The van der Waals surface area contributed by atoms with Crippen LogP contribution >= 0.6 is 0 Å². The van der Waals surface area contributed by atoms with Gasteiger partial charge in [0.05, 0.1) is 5.92 Å². The van der Waals surface area contributed by atoms with E-state index in [2.05, 4.69) is 47.3 Å². The van der Waals surface area contributed by atoms with Crippen LogP contribution in [0.4, 0.5) is 0 Å². The standard InChI is InChI=1S/C19H25N3O/c1-4-22(5-2)19(23)15-11-14(12-21(3)13-15)16-7-6-8-18-17(16)9-10-20-18/h6-11,15,20H,4-5,12-13H2,1-3H3. The van der Waals surface area contributed by atoms with Crippen molar-refractivity contribution in [3.05, 3.63) is 42.1 Å². The molecule has 1 N–H and O–H groups in total. The number of aromatic nitrogens is 1. The van der Waals surface area contributed by atoms with Crippen molar-refractivity contribution in [1.29, 1.82) is 0 Å². The normalized spacial score (nSPS) is 18.9. The molecule has 0 saturated heterocycles. The minimum absolute atomic E-state index is 0.0575. The summed E-state index contributed by atoms with van der Waals surface area (Å²) in [5.74, 6) is 0.179. The molecule has 1 amide bonds. The largest absolute Gasteiger partial charge is 0.361 e. The predicted molar refractivity (Wildman–Crippen MR) is 95.2 cm³/mol. The SMILES string of the molecule is CCN(CC)C(=O)C1C=C(c2cccc3[nH]ccc23)CN(C)C1. The molecule has 2 aromatic rings. The van der Waals surface area contributed by atoms with E-state index in [9.17, 15) is 4.79 Å². The summed E-state index contributed by atoms with van der Waals surface area (Å²) in [5, 5.41) is 1.23. The van der Waals surface area contributed by atoms with Gasteiger partial charge in [-0.3, -0.25) is 4.79 Å². The molecule has 23 heavy (non-hydrogen) atoms. The molecule has 0 spiro atoms. The lowest BCUT2D eigenvalue weighted by Crippen LogP contribution is -2.42. The van der Waals surface area contributed by atoms with E-state index in [0.717, 1.165) is 31.7 Å². The molecule has 2 heterocycles. The van der Waals surface area contributed by atoms with Crippen LogP contribution in [0.5, 0.6) is 0 Å². The van der Waals surface area contributed by atoms with E-state index in [1.54, 1.807) is 0 Å². The topological polar surface area (TPSA) is 39.3 Å². The molecule has 0 fully saturated rings. The van der Waals surface area contributed by atoms with Crippen LogP contribution < -0.4 is 0 Å². The fraction of sp³-hybridized carbons (Fsp3) is 0.421. The summed E-state index contributed by atoms with van der Waals surface area (Å²) < 4.78 is 0. The van der Waals surface area contributed by atoms with Crippen molar-refractivity contribution in [3.63, 3.8) is 0 Å². The monoisotopic (exact) mass is 311 g/mol. The molecule has 0 aliphatic carbocycles. The summed E-state index contributed by atoms with van der Waals surface area (Å²) in [7, 11) is 2.09. The Hall–Kier alpha value is -2.07. The van der Waals surface area contributed by atoms with Crippen LogP contribution in [0.3, 0.4) is 0 Å². The quantitative estimate of drug-likeness (QED) is 0.943. The van der Waals surface area contributed by atoms with Crippen molar-refractivity contribution in [2.45, 2.75) is 13.8 Å². The minimum Gasteiger partial charge on any atom is -0.361 e. The summed E-state index contributed by atoms with van der Waals surface area (Å²) in [6, 6.07) is 8.43. The van der Waals surface area contributed by atoms with Gasteiger partial charge in [-0.05, 0) is 44.2 Å². The number of nitrogens with one attached hydrogen (secondary N) is 1. The number of aromatic amines is 1. The van der Waals surface area contributed by atoms with Crippen molar-refractivity contribution in [2.75, 3.05) is 33.2 Å². The molecular weight excluding hydrogens is 286 g/mol. The summed E-state index contributed by atoms with van der Waals surface area (Å²) >= 11 is 0. The van der Waals surface area contributed by atoms with E-state index in [1.165, 1.54) is 16.5 Å². The van der Waals surface area contributed by atoms with Crippen molar-refractivity contribution in [1.82, 2.24) is 14.8 Å². The van der Waals surface area contributed by atoms with Gasteiger partial charge in [-0.15, -0.1) is 0 Å². The molecule has 1 aromatic carbocycles. The zero-order chi connectivity index (χ0) is 16.4. The number of carbonyl (C=O) groups excluding carboxylic acids is 1. The summed E-state index contributed by atoms with van der Waals surface area (Å²) in [6.45, 7) is 7.30. The maximum atomic E-state index is 12.7. The van der Waals surface area contributed by atoms with Crippen LogP contribution in [0, 0.1) is 5.92 Å². The molecule has 3 rings (SSSR count). The maximum absolute atomic E-state index is 12.7. The number of rotatable bonds is 4. The average Bonchev–Trinajstić information content (AvgIpc) is 3.03. The second-order valence-electron chi connectivity index (χ2n) is 6.25. The number of hydrogen-bond acceptors (Lipinski definition) is 2. The van der Waals surface area contributed by atoms with Crippen LogP contribution in [0.1, 0.15) is 19.4 Å². The second kappa shape index (κ2) is 6.59. The number of H-pyrrole nitrogens is 1. The van der Waals surface area contributed by atoms with Gasteiger partial charge < -0.3 is 14.8 Å². The first-order valence-electron chi connectivity index (χ1n) is 8.38. The Morgan fingerprint density at radius 1 is 1.30 bits per heavy atom. The van der Waals surface area contributed by atoms with Gasteiger partial charge in [0.1, 0.15) is 0 Å². The molecule has 1 atom stereocenters. The highest BCUT2D eigenvalue weighted by Crippen LogP contribution is 2.29. The number of carbonyl (C=O) groups is 1. The summed E-state index contributed by atoms with van der Waals surface area (Å²) in [5.41, 5.74) is 3.62. The third-order valence-corrected chi connectivity index (χ3v) is 4.68. The third-order valence-electron chi connectivity index (χ3n) is 4.68. The molecule has 0 radical (unpaired) electrons. The molecule has 1 unspecified atom stereocenters. The zero-order valence-electron chi connectivity index (χ0n) is 14.2. The molecule has 1 aliphatic rings. The lowest BCUT2D eigenvalue weighted by molar-refractivity contribution is -0.134. The van der Waals surface area contributed by atoms with Crippen molar-refractivity contribution in [3.8, 4) is 0 Å². The third kappa shape index (κ3) is 3.04. The fourth-order valence-electron chi connectivity index (χ4n) is 3.50. The van der Waals surface area contributed by atoms with E-state index in [1.807, 2.05) is 24.9 Å². The van der Waals surface area contributed by atoms with E-state index < -0.39 is 0 Å². The van der Waals surface area contributed by atoms with Crippen LogP contribution in [0.2, 0.25) is 0 Å². The van der Waals surface area contributed by atoms with Crippen LogP contribution in [0.25, 0.3) is 16.5 Å². The van der Waals surface area contributed by atoms with E-state index in [0.29, 0.717) is 0 Å². The fourth-order valence-corrected chi connectivity index (χ4v) is 3.50. The van der Waals surface area contributed by atoms with Gasteiger partial charge in [0.2, 0.25) is 5.91 Å². The minimum atomic E-state index is -0.0575. The lowest BCUT2D eigenvalue weighted by atomic mass is 9.92. The molecule has 122 valence electrons. The molecule has 1 aromatic heterocycles. The van der Waals surface area contributed by atoms with Gasteiger partial charge in [-0.25, -0.2) is 0 Å². The Morgan fingerprint density at radius 3 is 2.83 bits per heavy atom. The van der Waals surface area contributed by atoms with Crippen molar-refractivity contribution >= 4 is 22.4 Å². The second-order valence-corrected chi connectivity index (χ2v) is 6.25. The highest BCUT2D eigenvalue weighted by atomic mass is 16.2. The first kappa shape index (κ1) is 15.8. The zero-order valence-corrected chi connectivity index (χ0v) is 14.2. The van der Waals surface area contributed by atoms with Crippen molar-refractivity contribution in [2.24, 2.45) is 5.92 Å². The van der Waals surface area contributed by atoms with Crippen LogP contribution in [-0.2, 0) is 4.79 Å². The number of amides is 1. The average molecular weight is 311 g/mol. The summed E-state index contributed by atoms with van der Waals surface area (Å²) in [4.78, 5) is 20.2. The lowest BCUT2D eigenvalue weighted by Gasteiger charge is -2.32. The Balaban J connectivity index is 1.98. The van der Waals surface area contributed by atoms with Gasteiger partial charge in [0.25, 0.3) is 0 Å². The Labute approximate surface area is 137 Å². The Kier molecular flexibility index (Phi) is 4.53. The molecule has 4 heteroatoms. The van der Waals surface area contributed by atoms with Gasteiger partial charge in [0, 0.05) is 43.3 Å². The first-order valence-corrected chi connectivity index (χ1v) is 8.38. The number of benzene rings is 1. The van der Waals surface area contributed by atoms with Gasteiger partial charge in [0.15, 0.2) is 0 Å². The van der Waals surface area contributed by atoms with Crippen LogP contribution in [-0.4, -0.2) is 53.9 Å². The van der Waals surface area contributed by atoms with E-state index >= 15 is 0 Å². The number of fused-ring (bicyclic) bond motifs is 1. The number of hydrogen-bond donors (Lipinski definition) is 1. The molecule has 1 aliphatic heterocycles. The number of likely N-dealkylation sites (N-methyl/N-ethyl adjacent to an activating group) is 1. The predicted octanol–water partition coefficient (Wildman–Crippen LogP) is 2.98. The van der Waals surface area contributed by atoms with E-state index in [4.69, 9.17) is 0 Å². The molecule has 0 bridgehead atoms. The van der Waals surface area contributed by atoms with Gasteiger partial charge in [-0.2, -0.15) is 0 Å². The highest BCUT2D eigenvalue weighted by Gasteiger charge is 2.27. The molecule has 4 nitrogen and oxygen atoms in total. The molecular formula is C19H25N3O. The molecule has 0 saturated carbocycles. The highest BCUT2D eigenvalue weighted by molar-refractivity contribution is 5.94. The Morgan fingerprint density at radius 2 is 2.09 bits per heavy atom. The van der Waals surface area contributed by atoms with Crippen molar-refractivity contribution < 1.29 is 4.79 Å².